The highest BCUT2D eigenvalue weighted by Gasteiger charge is 2.35. The summed E-state index contributed by atoms with van der Waals surface area (Å²) in [5.74, 6) is -0.441. The largest absolute Gasteiger partial charge is 0.456 e. The molecule has 1 saturated carbocycles. The van der Waals surface area contributed by atoms with Gasteiger partial charge in [-0.05, 0) is 49.4 Å². The molecule has 2 amide bonds. The van der Waals surface area contributed by atoms with E-state index in [9.17, 15) is 14.4 Å². The van der Waals surface area contributed by atoms with E-state index in [1.54, 1.807) is 6.07 Å². The first-order valence-electron chi connectivity index (χ1n) is 7.92. The number of aryl methyl sites for hydroxylation is 1. The monoisotopic (exact) mass is 316 g/mol. The lowest BCUT2D eigenvalue weighted by Crippen LogP contribution is -2.36. The Kier molecular flexibility index (Phi) is 4.32. The van der Waals surface area contributed by atoms with Crippen LogP contribution in [0.5, 0.6) is 0 Å². The standard InChI is InChI=1S/C17H20N2O4/c1-11(20)23-10-16(21)18-14-6-7-15-13(9-14)3-2-8-19(15)17(22)12-4-5-12/h6-7,9,12H,2-5,8,10H2,1H3,(H,18,21). The number of nitrogens with one attached hydrogen (secondary N) is 1. The van der Waals surface area contributed by atoms with E-state index in [1.807, 2.05) is 17.0 Å². The van der Waals surface area contributed by atoms with Crippen molar-refractivity contribution in [3.63, 3.8) is 0 Å². The van der Waals surface area contributed by atoms with Gasteiger partial charge >= 0.3 is 5.97 Å². The van der Waals surface area contributed by atoms with Gasteiger partial charge in [0.25, 0.3) is 5.91 Å². The van der Waals surface area contributed by atoms with Gasteiger partial charge in [-0.25, -0.2) is 0 Å². The van der Waals surface area contributed by atoms with Crippen LogP contribution in [-0.4, -0.2) is 30.9 Å². The van der Waals surface area contributed by atoms with E-state index in [-0.39, 0.29) is 24.3 Å². The van der Waals surface area contributed by atoms with Crippen LogP contribution in [0.1, 0.15) is 31.7 Å². The first kappa shape index (κ1) is 15.5. The molecule has 0 spiro atoms. The number of amides is 2. The zero-order valence-corrected chi connectivity index (χ0v) is 13.1. The Morgan fingerprint density at radius 3 is 2.78 bits per heavy atom. The van der Waals surface area contributed by atoms with E-state index in [1.165, 1.54) is 6.92 Å². The SMILES string of the molecule is CC(=O)OCC(=O)Nc1ccc2c(c1)CCCN2C(=O)C1CC1. The summed E-state index contributed by atoms with van der Waals surface area (Å²) in [6.07, 6.45) is 3.80. The molecule has 0 saturated heterocycles. The molecule has 1 aromatic carbocycles. The predicted molar refractivity (Wildman–Crippen MR) is 85.1 cm³/mol. The van der Waals surface area contributed by atoms with E-state index in [0.717, 1.165) is 43.5 Å². The molecule has 0 radical (unpaired) electrons. The third-order valence-corrected chi connectivity index (χ3v) is 4.08. The maximum Gasteiger partial charge on any atom is 0.303 e. The molecule has 122 valence electrons. The van der Waals surface area contributed by atoms with Gasteiger partial charge in [0.05, 0.1) is 0 Å². The highest BCUT2D eigenvalue weighted by Crippen LogP contribution is 2.36. The van der Waals surface area contributed by atoms with Gasteiger partial charge in [0.1, 0.15) is 0 Å². The maximum atomic E-state index is 12.3. The Labute approximate surface area is 134 Å². The fourth-order valence-electron chi connectivity index (χ4n) is 2.82. The van der Waals surface area contributed by atoms with Crippen molar-refractivity contribution in [3.8, 4) is 0 Å². The van der Waals surface area contributed by atoms with Crippen molar-refractivity contribution in [2.45, 2.75) is 32.6 Å². The maximum absolute atomic E-state index is 12.3. The van der Waals surface area contributed by atoms with Crippen molar-refractivity contribution in [1.29, 1.82) is 0 Å². The zero-order valence-electron chi connectivity index (χ0n) is 13.1. The molecule has 0 aromatic heterocycles. The summed E-state index contributed by atoms with van der Waals surface area (Å²) in [5.41, 5.74) is 2.67. The van der Waals surface area contributed by atoms with E-state index >= 15 is 0 Å². The molecule has 3 rings (SSSR count). The number of esters is 1. The summed E-state index contributed by atoms with van der Waals surface area (Å²) >= 11 is 0. The summed E-state index contributed by atoms with van der Waals surface area (Å²) in [7, 11) is 0. The summed E-state index contributed by atoms with van der Waals surface area (Å²) in [5, 5.41) is 2.71. The van der Waals surface area contributed by atoms with E-state index < -0.39 is 5.97 Å². The molecule has 1 fully saturated rings. The van der Waals surface area contributed by atoms with Crippen LogP contribution in [0.15, 0.2) is 18.2 Å². The minimum Gasteiger partial charge on any atom is -0.456 e. The molecule has 0 unspecified atom stereocenters. The predicted octanol–water partition coefficient (Wildman–Crippen LogP) is 1.88. The van der Waals surface area contributed by atoms with Crippen LogP contribution in [0.25, 0.3) is 0 Å². The van der Waals surface area contributed by atoms with Crippen molar-refractivity contribution in [2.24, 2.45) is 5.92 Å². The van der Waals surface area contributed by atoms with Crippen molar-refractivity contribution in [2.75, 3.05) is 23.4 Å². The normalized spacial score (nSPS) is 16.5. The third kappa shape index (κ3) is 3.70. The number of ether oxygens (including phenoxy) is 1. The Balaban J connectivity index is 1.70. The smallest absolute Gasteiger partial charge is 0.303 e. The molecule has 1 N–H and O–H groups in total. The molecule has 1 aliphatic heterocycles. The summed E-state index contributed by atoms with van der Waals surface area (Å²) < 4.78 is 4.67. The van der Waals surface area contributed by atoms with Gasteiger partial charge in [-0.15, -0.1) is 0 Å². The summed E-state index contributed by atoms with van der Waals surface area (Å²) in [4.78, 5) is 36.6. The number of carbonyl (C=O) groups is 3. The highest BCUT2D eigenvalue weighted by molar-refractivity contribution is 5.98. The van der Waals surface area contributed by atoms with Crippen LogP contribution in [0.4, 0.5) is 11.4 Å². The Bertz CT molecular complexity index is 652. The molecule has 23 heavy (non-hydrogen) atoms. The Hall–Kier alpha value is -2.37. The Morgan fingerprint density at radius 2 is 2.09 bits per heavy atom. The van der Waals surface area contributed by atoms with Gasteiger partial charge in [0.15, 0.2) is 6.61 Å². The molecule has 2 aliphatic rings. The average Bonchev–Trinajstić information content (AvgIpc) is 3.36. The average molecular weight is 316 g/mol. The lowest BCUT2D eigenvalue weighted by atomic mass is 10.0. The number of rotatable bonds is 4. The van der Waals surface area contributed by atoms with Gasteiger partial charge in [-0.1, -0.05) is 0 Å². The number of anilines is 2. The quantitative estimate of drug-likeness (QED) is 0.861. The van der Waals surface area contributed by atoms with Gasteiger partial charge in [-0.3, -0.25) is 14.4 Å². The van der Waals surface area contributed by atoms with Crippen LogP contribution in [0.2, 0.25) is 0 Å². The molecule has 1 aromatic rings. The lowest BCUT2D eigenvalue weighted by Gasteiger charge is -2.30. The minimum atomic E-state index is -0.486. The fraction of sp³-hybridized carbons (Fsp3) is 0.471. The summed E-state index contributed by atoms with van der Waals surface area (Å²) in [6, 6.07) is 5.56. The number of nitrogens with zero attached hydrogens (tertiary/aromatic N) is 1. The van der Waals surface area contributed by atoms with Crippen molar-refractivity contribution in [3.05, 3.63) is 23.8 Å². The fourth-order valence-corrected chi connectivity index (χ4v) is 2.82. The summed E-state index contributed by atoms with van der Waals surface area (Å²) in [6.45, 7) is 1.73. The van der Waals surface area contributed by atoms with Crippen LogP contribution in [0.3, 0.4) is 0 Å². The van der Waals surface area contributed by atoms with E-state index in [0.29, 0.717) is 5.69 Å². The molecule has 0 bridgehead atoms. The zero-order chi connectivity index (χ0) is 16.4. The molecule has 1 heterocycles. The number of benzene rings is 1. The molecule has 0 atom stereocenters. The molecule has 1 aliphatic carbocycles. The number of fused-ring (bicyclic) bond motifs is 1. The van der Waals surface area contributed by atoms with Gasteiger partial charge in [0.2, 0.25) is 5.91 Å². The second kappa shape index (κ2) is 6.40. The number of carbonyl (C=O) groups excluding carboxylic acids is 3. The second-order valence-corrected chi connectivity index (χ2v) is 6.04. The van der Waals surface area contributed by atoms with Gasteiger partial charge in [-0.2, -0.15) is 0 Å². The van der Waals surface area contributed by atoms with Crippen molar-refractivity contribution in [1.82, 2.24) is 0 Å². The van der Waals surface area contributed by atoms with Crippen LogP contribution in [-0.2, 0) is 25.5 Å². The topological polar surface area (TPSA) is 75.7 Å². The molecule has 6 nitrogen and oxygen atoms in total. The third-order valence-electron chi connectivity index (χ3n) is 4.08. The Morgan fingerprint density at radius 1 is 1.30 bits per heavy atom. The molecular formula is C17H20N2O4. The number of hydrogen-bond donors (Lipinski definition) is 1. The highest BCUT2D eigenvalue weighted by atomic mass is 16.5. The van der Waals surface area contributed by atoms with Crippen LogP contribution in [0, 0.1) is 5.92 Å². The van der Waals surface area contributed by atoms with E-state index in [2.05, 4.69) is 10.1 Å². The van der Waals surface area contributed by atoms with Crippen LogP contribution >= 0.6 is 0 Å². The first-order valence-corrected chi connectivity index (χ1v) is 7.92. The van der Waals surface area contributed by atoms with Crippen LogP contribution < -0.4 is 10.2 Å². The number of hydrogen-bond acceptors (Lipinski definition) is 4. The van der Waals surface area contributed by atoms with Crippen molar-refractivity contribution < 1.29 is 19.1 Å². The lowest BCUT2D eigenvalue weighted by molar-refractivity contribution is -0.144. The van der Waals surface area contributed by atoms with Crippen molar-refractivity contribution >= 4 is 29.2 Å². The van der Waals surface area contributed by atoms with Gasteiger partial charge in [0, 0.05) is 30.8 Å². The van der Waals surface area contributed by atoms with E-state index in [4.69, 9.17) is 0 Å². The molecular weight excluding hydrogens is 296 g/mol. The second-order valence-electron chi connectivity index (χ2n) is 6.04. The first-order chi connectivity index (χ1) is 11.0. The minimum absolute atomic E-state index is 0.198. The molecule has 6 heteroatoms. The van der Waals surface area contributed by atoms with Gasteiger partial charge < -0.3 is 15.0 Å².